The molecular formula is C15H21N3O. The van der Waals surface area contributed by atoms with Crippen molar-refractivity contribution in [1.29, 1.82) is 0 Å². The number of nitrogen functional groups attached to an aromatic ring is 1. The van der Waals surface area contributed by atoms with E-state index in [0.29, 0.717) is 11.7 Å². The van der Waals surface area contributed by atoms with E-state index in [9.17, 15) is 0 Å². The van der Waals surface area contributed by atoms with Crippen molar-refractivity contribution in [2.24, 2.45) is 11.8 Å². The number of benzene rings is 1. The van der Waals surface area contributed by atoms with E-state index in [4.69, 9.17) is 10.2 Å². The predicted octanol–water partition coefficient (Wildman–Crippen LogP) is 3.65. The van der Waals surface area contributed by atoms with Gasteiger partial charge in [-0.1, -0.05) is 32.3 Å². The Hall–Kier alpha value is -1.71. The lowest BCUT2D eigenvalue weighted by atomic mass is 9.80. The lowest BCUT2D eigenvalue weighted by molar-refractivity contribution is 0.267. The van der Waals surface area contributed by atoms with Crippen LogP contribution < -0.4 is 11.1 Å². The summed E-state index contributed by atoms with van der Waals surface area (Å²) in [6, 6.07) is 6.21. The lowest BCUT2D eigenvalue weighted by Gasteiger charge is -2.28. The van der Waals surface area contributed by atoms with Crippen molar-refractivity contribution in [2.75, 3.05) is 17.6 Å². The third-order valence-electron chi connectivity index (χ3n) is 4.25. The van der Waals surface area contributed by atoms with Crippen molar-refractivity contribution >= 4 is 22.8 Å². The second-order valence-electron chi connectivity index (χ2n) is 5.62. The molecule has 2 aromatic rings. The third-order valence-corrected chi connectivity index (χ3v) is 4.25. The molecule has 0 aliphatic heterocycles. The molecule has 1 fully saturated rings. The summed E-state index contributed by atoms with van der Waals surface area (Å²) in [5.74, 6) is 1.51. The van der Waals surface area contributed by atoms with E-state index in [1.54, 1.807) is 0 Å². The largest absolute Gasteiger partial charge is 0.423 e. The van der Waals surface area contributed by atoms with Crippen molar-refractivity contribution in [3.05, 3.63) is 18.2 Å². The summed E-state index contributed by atoms with van der Waals surface area (Å²) >= 11 is 0. The molecule has 1 aromatic carbocycles. The lowest BCUT2D eigenvalue weighted by Crippen LogP contribution is -2.24. The summed E-state index contributed by atoms with van der Waals surface area (Å²) in [6.45, 7) is 3.28. The van der Waals surface area contributed by atoms with E-state index in [-0.39, 0.29) is 0 Å². The first-order valence-electron chi connectivity index (χ1n) is 7.13. The van der Waals surface area contributed by atoms with Gasteiger partial charge in [-0.15, -0.1) is 0 Å². The van der Waals surface area contributed by atoms with E-state index < -0.39 is 0 Å². The van der Waals surface area contributed by atoms with Crippen molar-refractivity contribution in [1.82, 2.24) is 4.98 Å². The van der Waals surface area contributed by atoms with Crippen LogP contribution in [0.15, 0.2) is 22.6 Å². The molecule has 4 heteroatoms. The molecule has 2 unspecified atom stereocenters. The number of aromatic nitrogens is 1. The maximum Gasteiger partial charge on any atom is 0.295 e. The number of fused-ring (bicyclic) bond motifs is 1. The van der Waals surface area contributed by atoms with Crippen LogP contribution in [-0.4, -0.2) is 11.5 Å². The minimum atomic E-state index is 0.589. The highest BCUT2D eigenvalue weighted by molar-refractivity contribution is 5.86. The fraction of sp³-hybridized carbons (Fsp3) is 0.533. The second kappa shape index (κ2) is 5.11. The zero-order valence-corrected chi connectivity index (χ0v) is 11.4. The molecule has 102 valence electrons. The molecule has 3 N–H and O–H groups in total. The van der Waals surface area contributed by atoms with Crippen LogP contribution in [0.5, 0.6) is 0 Å². The zero-order chi connectivity index (χ0) is 13.2. The number of nitrogens with zero attached hydrogens (tertiary/aromatic N) is 1. The summed E-state index contributed by atoms with van der Waals surface area (Å²) in [5.41, 5.74) is 8.05. The molecule has 2 atom stereocenters. The Morgan fingerprint density at radius 3 is 3.00 bits per heavy atom. The van der Waals surface area contributed by atoms with Gasteiger partial charge in [-0.2, -0.15) is 4.98 Å². The normalized spacial score (nSPS) is 23.6. The van der Waals surface area contributed by atoms with Gasteiger partial charge in [0, 0.05) is 6.54 Å². The number of hydrogen-bond donors (Lipinski definition) is 2. The number of anilines is 2. The standard InChI is InChI=1S/C15H21N3O/c1-10-5-2-3-6-11(10)9-17-15-18-14-12(16)7-4-8-13(14)19-15/h4,7-8,10-11H,2-3,5-6,9,16H2,1H3,(H,17,18). The van der Waals surface area contributed by atoms with Gasteiger partial charge in [0.25, 0.3) is 6.01 Å². The molecule has 1 aliphatic rings. The maximum absolute atomic E-state index is 5.88. The van der Waals surface area contributed by atoms with Crippen LogP contribution in [0.25, 0.3) is 11.1 Å². The van der Waals surface area contributed by atoms with Gasteiger partial charge in [0.2, 0.25) is 0 Å². The molecule has 0 amide bonds. The monoisotopic (exact) mass is 259 g/mol. The van der Waals surface area contributed by atoms with Crippen LogP contribution in [0.4, 0.5) is 11.7 Å². The van der Waals surface area contributed by atoms with Gasteiger partial charge >= 0.3 is 0 Å². The average Bonchev–Trinajstić information content (AvgIpc) is 2.82. The van der Waals surface area contributed by atoms with Gasteiger partial charge in [0.05, 0.1) is 5.69 Å². The van der Waals surface area contributed by atoms with Crippen LogP contribution in [0.3, 0.4) is 0 Å². The van der Waals surface area contributed by atoms with Crippen molar-refractivity contribution in [3.8, 4) is 0 Å². The molecule has 0 radical (unpaired) electrons. The molecule has 19 heavy (non-hydrogen) atoms. The molecule has 4 nitrogen and oxygen atoms in total. The first-order valence-corrected chi connectivity index (χ1v) is 7.13. The Morgan fingerprint density at radius 2 is 2.21 bits per heavy atom. The Labute approximate surface area is 113 Å². The van der Waals surface area contributed by atoms with Gasteiger partial charge in [0.1, 0.15) is 5.52 Å². The number of oxazole rings is 1. The molecular weight excluding hydrogens is 238 g/mol. The van der Waals surface area contributed by atoms with E-state index in [1.165, 1.54) is 25.7 Å². The number of nitrogens with two attached hydrogens (primary N) is 1. The Balaban J connectivity index is 1.69. The summed E-state index contributed by atoms with van der Waals surface area (Å²) in [7, 11) is 0. The van der Waals surface area contributed by atoms with Crippen LogP contribution in [0.1, 0.15) is 32.6 Å². The second-order valence-corrected chi connectivity index (χ2v) is 5.62. The fourth-order valence-corrected chi connectivity index (χ4v) is 2.96. The highest BCUT2D eigenvalue weighted by Gasteiger charge is 2.21. The molecule has 1 aromatic heterocycles. The molecule has 0 bridgehead atoms. The predicted molar refractivity (Wildman–Crippen MR) is 78.0 cm³/mol. The van der Waals surface area contributed by atoms with Crippen LogP contribution in [0, 0.1) is 11.8 Å². The average molecular weight is 259 g/mol. The van der Waals surface area contributed by atoms with Gasteiger partial charge < -0.3 is 15.5 Å². The van der Waals surface area contributed by atoms with E-state index in [1.807, 2.05) is 18.2 Å². The fourth-order valence-electron chi connectivity index (χ4n) is 2.96. The topological polar surface area (TPSA) is 64.1 Å². The molecule has 0 spiro atoms. The Bertz CT molecular complexity index is 564. The first kappa shape index (κ1) is 12.3. The van der Waals surface area contributed by atoms with Crippen LogP contribution in [-0.2, 0) is 0 Å². The minimum absolute atomic E-state index is 0.589. The van der Waals surface area contributed by atoms with Gasteiger partial charge in [-0.3, -0.25) is 0 Å². The quantitative estimate of drug-likeness (QED) is 0.826. The Kier molecular flexibility index (Phi) is 3.32. The van der Waals surface area contributed by atoms with Crippen molar-refractivity contribution in [3.63, 3.8) is 0 Å². The van der Waals surface area contributed by atoms with Crippen molar-refractivity contribution in [2.45, 2.75) is 32.6 Å². The van der Waals surface area contributed by atoms with Crippen molar-refractivity contribution < 1.29 is 4.42 Å². The van der Waals surface area contributed by atoms with E-state index >= 15 is 0 Å². The van der Waals surface area contributed by atoms with E-state index in [2.05, 4.69) is 17.2 Å². The summed E-state index contributed by atoms with van der Waals surface area (Å²) in [6.07, 6.45) is 5.36. The van der Waals surface area contributed by atoms with Gasteiger partial charge in [-0.25, -0.2) is 0 Å². The number of nitrogens with one attached hydrogen (secondary N) is 1. The maximum atomic E-state index is 5.88. The number of rotatable bonds is 3. The highest BCUT2D eigenvalue weighted by Crippen LogP contribution is 2.30. The highest BCUT2D eigenvalue weighted by atomic mass is 16.4. The molecule has 1 heterocycles. The van der Waals surface area contributed by atoms with Crippen LogP contribution in [0.2, 0.25) is 0 Å². The van der Waals surface area contributed by atoms with Gasteiger partial charge in [0.15, 0.2) is 5.58 Å². The molecule has 1 aliphatic carbocycles. The summed E-state index contributed by atoms with van der Waals surface area (Å²) in [5, 5.41) is 3.33. The smallest absolute Gasteiger partial charge is 0.295 e. The van der Waals surface area contributed by atoms with E-state index in [0.717, 1.165) is 29.5 Å². The number of hydrogen-bond acceptors (Lipinski definition) is 4. The summed E-state index contributed by atoms with van der Waals surface area (Å²) in [4.78, 5) is 4.42. The number of para-hydroxylation sites is 1. The van der Waals surface area contributed by atoms with Crippen LogP contribution >= 0.6 is 0 Å². The molecule has 0 saturated heterocycles. The third kappa shape index (κ3) is 2.53. The first-order chi connectivity index (χ1) is 9.24. The Morgan fingerprint density at radius 1 is 1.37 bits per heavy atom. The summed E-state index contributed by atoms with van der Waals surface area (Å²) < 4.78 is 5.67. The molecule has 1 saturated carbocycles. The molecule has 3 rings (SSSR count). The van der Waals surface area contributed by atoms with Gasteiger partial charge in [-0.05, 0) is 30.4 Å². The zero-order valence-electron chi connectivity index (χ0n) is 11.4. The SMILES string of the molecule is CC1CCCCC1CNc1nc2c(N)cccc2o1. The minimum Gasteiger partial charge on any atom is -0.423 e.